The lowest BCUT2D eigenvalue weighted by atomic mass is 10.1. The monoisotopic (exact) mass is 218 g/mol. The molecule has 1 nitrogen and oxygen atoms in total. The lowest BCUT2D eigenvalue weighted by molar-refractivity contribution is -0.716. The summed E-state index contributed by atoms with van der Waals surface area (Å²) >= 11 is 1.82. The van der Waals surface area contributed by atoms with Crippen molar-refractivity contribution in [1.82, 2.24) is 0 Å². The topological polar surface area (TPSA) is 3.88 Å². The molecule has 0 spiro atoms. The van der Waals surface area contributed by atoms with Crippen LogP contribution < -0.4 is 4.57 Å². The standard InChI is InChI=1S/C13H16NS/c1-10-9-15-12(3)14(10)11(2)13-7-5-4-6-8-13/h4-9,11H,1-3H3/q+1. The van der Waals surface area contributed by atoms with Gasteiger partial charge in [-0.25, -0.2) is 0 Å². The average Bonchev–Trinajstić information content (AvgIpc) is 2.59. The van der Waals surface area contributed by atoms with Crippen LogP contribution in [0.1, 0.15) is 29.2 Å². The normalized spacial score (nSPS) is 12.7. The van der Waals surface area contributed by atoms with Gasteiger partial charge in [0.2, 0.25) is 5.01 Å². The minimum absolute atomic E-state index is 0.428. The zero-order chi connectivity index (χ0) is 10.8. The van der Waals surface area contributed by atoms with Crippen LogP contribution in [0.25, 0.3) is 0 Å². The van der Waals surface area contributed by atoms with Crippen molar-refractivity contribution in [3.05, 3.63) is 52.0 Å². The van der Waals surface area contributed by atoms with E-state index in [1.165, 1.54) is 16.3 Å². The van der Waals surface area contributed by atoms with Crippen molar-refractivity contribution in [2.45, 2.75) is 26.8 Å². The number of aromatic nitrogens is 1. The number of thiazole rings is 1. The molecule has 0 radical (unpaired) electrons. The summed E-state index contributed by atoms with van der Waals surface area (Å²) in [6.07, 6.45) is 0. The lowest BCUT2D eigenvalue weighted by Crippen LogP contribution is -2.41. The maximum absolute atomic E-state index is 2.39. The number of rotatable bonds is 2. The van der Waals surface area contributed by atoms with Gasteiger partial charge < -0.3 is 0 Å². The van der Waals surface area contributed by atoms with Gasteiger partial charge in [0.1, 0.15) is 0 Å². The third kappa shape index (κ3) is 1.95. The maximum atomic E-state index is 2.39. The molecule has 2 rings (SSSR count). The van der Waals surface area contributed by atoms with Crippen molar-refractivity contribution in [2.75, 3.05) is 0 Å². The summed E-state index contributed by atoms with van der Waals surface area (Å²) in [6.45, 7) is 6.60. The van der Waals surface area contributed by atoms with Crippen LogP contribution >= 0.6 is 11.3 Å². The van der Waals surface area contributed by atoms with Crippen molar-refractivity contribution >= 4 is 11.3 Å². The van der Waals surface area contributed by atoms with Crippen molar-refractivity contribution in [1.29, 1.82) is 0 Å². The van der Waals surface area contributed by atoms with Gasteiger partial charge in [-0.3, -0.25) is 0 Å². The number of hydrogen-bond acceptors (Lipinski definition) is 1. The van der Waals surface area contributed by atoms with Crippen LogP contribution in [0.4, 0.5) is 0 Å². The highest BCUT2D eigenvalue weighted by atomic mass is 32.1. The minimum atomic E-state index is 0.428. The minimum Gasteiger partial charge on any atom is -0.184 e. The first-order chi connectivity index (χ1) is 7.20. The highest BCUT2D eigenvalue weighted by Gasteiger charge is 2.21. The molecule has 0 aliphatic carbocycles. The molecule has 0 fully saturated rings. The molecule has 0 bridgehead atoms. The third-order valence-corrected chi connectivity index (χ3v) is 3.79. The molecule has 0 aliphatic heterocycles. The van der Waals surface area contributed by atoms with E-state index in [9.17, 15) is 0 Å². The molecular weight excluding hydrogens is 202 g/mol. The first kappa shape index (κ1) is 10.4. The second kappa shape index (κ2) is 4.15. The van der Waals surface area contributed by atoms with Crippen molar-refractivity contribution < 1.29 is 4.57 Å². The highest BCUT2D eigenvalue weighted by Crippen LogP contribution is 2.16. The molecular formula is C13H16NS+. The van der Waals surface area contributed by atoms with E-state index in [-0.39, 0.29) is 0 Å². The predicted molar refractivity (Wildman–Crippen MR) is 64.2 cm³/mol. The third-order valence-electron chi connectivity index (χ3n) is 2.79. The first-order valence-electron chi connectivity index (χ1n) is 5.21. The number of benzene rings is 1. The largest absolute Gasteiger partial charge is 0.234 e. The van der Waals surface area contributed by atoms with Gasteiger partial charge in [0.25, 0.3) is 0 Å². The molecule has 0 saturated heterocycles. The van der Waals surface area contributed by atoms with Crippen LogP contribution in [0.15, 0.2) is 35.7 Å². The Morgan fingerprint density at radius 1 is 1.13 bits per heavy atom. The van der Waals surface area contributed by atoms with Gasteiger partial charge in [0.05, 0.1) is 5.38 Å². The van der Waals surface area contributed by atoms with Gasteiger partial charge in [-0.15, -0.1) is 0 Å². The van der Waals surface area contributed by atoms with Gasteiger partial charge >= 0.3 is 0 Å². The van der Waals surface area contributed by atoms with Crippen molar-refractivity contribution in [2.24, 2.45) is 0 Å². The fraction of sp³-hybridized carbons (Fsp3) is 0.308. The fourth-order valence-corrected chi connectivity index (χ4v) is 2.86. The average molecular weight is 218 g/mol. The molecule has 1 heterocycles. The maximum Gasteiger partial charge on any atom is 0.234 e. The fourth-order valence-electron chi connectivity index (χ4n) is 1.99. The van der Waals surface area contributed by atoms with Crippen LogP contribution in [0.3, 0.4) is 0 Å². The molecule has 1 aromatic heterocycles. The quantitative estimate of drug-likeness (QED) is 0.681. The smallest absolute Gasteiger partial charge is 0.184 e. The SMILES string of the molecule is Cc1csc(C)[n+]1C(C)c1ccccc1. The van der Waals surface area contributed by atoms with Gasteiger partial charge in [-0.2, -0.15) is 4.57 Å². The Bertz CT molecular complexity index is 425. The Hall–Kier alpha value is -1.15. The van der Waals surface area contributed by atoms with Gasteiger partial charge in [-0.1, -0.05) is 41.7 Å². The molecule has 0 saturated carbocycles. The molecule has 15 heavy (non-hydrogen) atoms. The van der Waals surface area contributed by atoms with E-state index in [2.05, 4.69) is 61.1 Å². The van der Waals surface area contributed by atoms with Crippen LogP contribution in [-0.2, 0) is 0 Å². The van der Waals surface area contributed by atoms with Gasteiger partial charge in [0.15, 0.2) is 11.7 Å². The van der Waals surface area contributed by atoms with E-state index in [1.807, 2.05) is 11.3 Å². The van der Waals surface area contributed by atoms with Gasteiger partial charge in [-0.05, 0) is 0 Å². The van der Waals surface area contributed by atoms with E-state index in [1.54, 1.807) is 0 Å². The number of hydrogen-bond donors (Lipinski definition) is 0. The molecule has 1 unspecified atom stereocenters. The Morgan fingerprint density at radius 2 is 1.80 bits per heavy atom. The Kier molecular flexibility index (Phi) is 2.87. The predicted octanol–water partition coefficient (Wildman–Crippen LogP) is 3.26. The first-order valence-corrected chi connectivity index (χ1v) is 6.09. The second-order valence-electron chi connectivity index (χ2n) is 3.85. The summed E-state index contributed by atoms with van der Waals surface area (Å²) in [6, 6.07) is 11.1. The molecule has 78 valence electrons. The van der Waals surface area contributed by atoms with E-state index in [0.29, 0.717) is 6.04 Å². The van der Waals surface area contributed by atoms with Gasteiger partial charge in [0, 0.05) is 26.3 Å². The van der Waals surface area contributed by atoms with Crippen LogP contribution in [0.5, 0.6) is 0 Å². The van der Waals surface area contributed by atoms with Crippen LogP contribution in [-0.4, -0.2) is 0 Å². The van der Waals surface area contributed by atoms with E-state index < -0.39 is 0 Å². The van der Waals surface area contributed by atoms with E-state index in [0.717, 1.165) is 0 Å². The molecule has 1 aromatic carbocycles. The summed E-state index contributed by atoms with van der Waals surface area (Å²) in [5, 5.41) is 3.58. The number of nitrogens with zero attached hydrogens (tertiary/aromatic N) is 1. The lowest BCUT2D eigenvalue weighted by Gasteiger charge is -2.07. The van der Waals surface area contributed by atoms with E-state index >= 15 is 0 Å². The second-order valence-corrected chi connectivity index (χ2v) is 4.91. The molecule has 2 heteroatoms. The van der Waals surface area contributed by atoms with Crippen molar-refractivity contribution in [3.8, 4) is 0 Å². The van der Waals surface area contributed by atoms with Crippen LogP contribution in [0, 0.1) is 13.8 Å². The Balaban J connectivity index is 2.41. The zero-order valence-electron chi connectivity index (χ0n) is 9.40. The molecule has 0 N–H and O–H groups in total. The highest BCUT2D eigenvalue weighted by molar-refractivity contribution is 7.09. The van der Waals surface area contributed by atoms with Crippen molar-refractivity contribution in [3.63, 3.8) is 0 Å². The number of aryl methyl sites for hydroxylation is 2. The van der Waals surface area contributed by atoms with Crippen LogP contribution in [0.2, 0.25) is 0 Å². The molecule has 1 atom stereocenters. The van der Waals surface area contributed by atoms with E-state index in [4.69, 9.17) is 0 Å². The zero-order valence-corrected chi connectivity index (χ0v) is 10.2. The Labute approximate surface area is 95.0 Å². The summed E-state index contributed by atoms with van der Waals surface area (Å²) in [5.41, 5.74) is 2.71. The molecule has 2 aromatic rings. The summed E-state index contributed by atoms with van der Waals surface area (Å²) in [4.78, 5) is 0. The summed E-state index contributed by atoms with van der Waals surface area (Å²) in [7, 11) is 0. The summed E-state index contributed by atoms with van der Waals surface area (Å²) in [5.74, 6) is 0. The molecule has 0 amide bonds. The Morgan fingerprint density at radius 3 is 2.33 bits per heavy atom. The molecule has 0 aliphatic rings. The summed E-state index contributed by atoms with van der Waals surface area (Å²) < 4.78 is 2.39.